The molecule has 3 atom stereocenters. The number of carbonyl (C=O) groups is 1. The summed E-state index contributed by atoms with van der Waals surface area (Å²) in [4.78, 5) is 20.7. The van der Waals surface area contributed by atoms with Crippen molar-refractivity contribution in [3.8, 4) is 0 Å². The summed E-state index contributed by atoms with van der Waals surface area (Å²) in [5.74, 6) is 0.653. The molecule has 8 heteroatoms. The first-order chi connectivity index (χ1) is 17.8. The van der Waals surface area contributed by atoms with Crippen molar-refractivity contribution >= 4 is 28.9 Å². The number of allylic oxidation sites excluding steroid dienone is 1. The SMILES string of the molecule is C/C=C1/C=C(c2ccc(C(C)NC(C)OC)cc2Cl)C(=O)N(CCCC)/C1=N/C(C)NC1CCOCC1. The Morgan fingerprint density at radius 2 is 2.00 bits per heavy atom. The summed E-state index contributed by atoms with van der Waals surface area (Å²) in [5.41, 5.74) is 3.28. The Bertz CT molecular complexity index is 1020. The van der Waals surface area contributed by atoms with Crippen LogP contribution in [0.3, 0.4) is 0 Å². The summed E-state index contributed by atoms with van der Waals surface area (Å²) in [6.07, 6.45) is 7.57. The van der Waals surface area contributed by atoms with Crippen LogP contribution in [0.4, 0.5) is 0 Å². The standard InChI is InChI=1S/C29H43ClN4O3/c1-7-9-14-34-28(33-20(4)32-24-12-15-37-16-13-24)22(8-2)17-26(29(34)35)25-11-10-23(18-27(25)30)19(3)31-21(5)36-6/h8,10-11,17-21,24,31-32H,7,9,12-16H2,1-6H3/b22-8-,33-28+. The van der Waals surface area contributed by atoms with Crippen LogP contribution in [0.2, 0.25) is 5.02 Å². The number of nitrogens with one attached hydrogen (secondary N) is 2. The molecule has 2 N–H and O–H groups in total. The first-order valence-electron chi connectivity index (χ1n) is 13.5. The molecule has 2 aliphatic rings. The van der Waals surface area contributed by atoms with Gasteiger partial charge in [-0.25, -0.2) is 4.99 Å². The molecule has 2 aliphatic heterocycles. The summed E-state index contributed by atoms with van der Waals surface area (Å²) in [6.45, 7) is 12.3. The molecule has 0 saturated carbocycles. The van der Waals surface area contributed by atoms with E-state index in [1.54, 1.807) is 7.11 Å². The van der Waals surface area contributed by atoms with Crippen LogP contribution < -0.4 is 10.6 Å². The highest BCUT2D eigenvalue weighted by molar-refractivity contribution is 6.37. The predicted octanol–water partition coefficient (Wildman–Crippen LogP) is 5.47. The summed E-state index contributed by atoms with van der Waals surface area (Å²) in [7, 11) is 1.67. The van der Waals surface area contributed by atoms with Crippen LogP contribution in [0.5, 0.6) is 0 Å². The highest BCUT2D eigenvalue weighted by atomic mass is 35.5. The van der Waals surface area contributed by atoms with Gasteiger partial charge in [-0.15, -0.1) is 0 Å². The van der Waals surface area contributed by atoms with E-state index in [4.69, 9.17) is 26.1 Å². The van der Waals surface area contributed by atoms with Crippen molar-refractivity contribution < 1.29 is 14.3 Å². The molecule has 1 amide bonds. The molecule has 1 aromatic carbocycles. The number of benzene rings is 1. The van der Waals surface area contributed by atoms with Crippen LogP contribution in [0.15, 0.2) is 40.9 Å². The molecular formula is C29H43ClN4O3. The molecular weight excluding hydrogens is 488 g/mol. The van der Waals surface area contributed by atoms with Gasteiger partial charge >= 0.3 is 0 Å². The normalized spacial score (nSPS) is 21.9. The topological polar surface area (TPSA) is 75.2 Å². The van der Waals surface area contributed by atoms with Crippen molar-refractivity contribution in [1.82, 2.24) is 15.5 Å². The molecule has 0 aliphatic carbocycles. The Kier molecular flexibility index (Phi) is 11.3. The van der Waals surface area contributed by atoms with Crippen LogP contribution in [-0.2, 0) is 14.3 Å². The van der Waals surface area contributed by atoms with Gasteiger partial charge < -0.3 is 9.47 Å². The van der Waals surface area contributed by atoms with Gasteiger partial charge in [-0.05, 0) is 64.7 Å². The molecule has 0 aromatic heterocycles. The molecule has 204 valence electrons. The number of halogens is 1. The predicted molar refractivity (Wildman–Crippen MR) is 152 cm³/mol. The molecule has 3 unspecified atom stereocenters. The maximum atomic E-state index is 13.9. The minimum absolute atomic E-state index is 0.0492. The molecule has 0 bridgehead atoms. The number of aliphatic imine (C=N–C) groups is 1. The van der Waals surface area contributed by atoms with Gasteiger partial charge in [-0.2, -0.15) is 0 Å². The second kappa shape index (κ2) is 14.2. The third kappa shape index (κ3) is 7.74. The zero-order valence-electron chi connectivity index (χ0n) is 23.1. The van der Waals surface area contributed by atoms with Gasteiger partial charge in [0.05, 0.1) is 6.17 Å². The maximum absolute atomic E-state index is 13.9. The Morgan fingerprint density at radius 3 is 2.62 bits per heavy atom. The molecule has 1 saturated heterocycles. The van der Waals surface area contributed by atoms with Crippen molar-refractivity contribution in [2.45, 2.75) is 84.8 Å². The van der Waals surface area contributed by atoms with Crippen LogP contribution in [-0.4, -0.2) is 61.9 Å². The van der Waals surface area contributed by atoms with Gasteiger partial charge in [0.15, 0.2) is 0 Å². The molecule has 37 heavy (non-hydrogen) atoms. The van der Waals surface area contributed by atoms with E-state index in [1.165, 1.54) is 0 Å². The average molecular weight is 531 g/mol. The van der Waals surface area contributed by atoms with E-state index in [1.807, 2.05) is 56.0 Å². The average Bonchev–Trinajstić information content (AvgIpc) is 2.89. The van der Waals surface area contributed by atoms with Crippen molar-refractivity contribution in [2.24, 2.45) is 4.99 Å². The third-order valence-electron chi connectivity index (χ3n) is 6.97. The number of unbranched alkanes of at least 4 members (excludes halogenated alkanes) is 1. The van der Waals surface area contributed by atoms with E-state index in [9.17, 15) is 4.79 Å². The molecule has 0 radical (unpaired) electrons. The number of methoxy groups -OCH3 is 1. The summed E-state index contributed by atoms with van der Waals surface area (Å²) in [6, 6.07) is 6.32. The zero-order chi connectivity index (χ0) is 26.9. The van der Waals surface area contributed by atoms with E-state index in [0.29, 0.717) is 23.2 Å². The first-order valence-corrected chi connectivity index (χ1v) is 13.9. The van der Waals surface area contributed by atoms with Crippen LogP contribution in [0, 0.1) is 0 Å². The lowest BCUT2D eigenvalue weighted by molar-refractivity contribution is -0.121. The number of amidine groups is 1. The maximum Gasteiger partial charge on any atom is 0.260 e. The minimum Gasteiger partial charge on any atom is -0.381 e. The number of amides is 1. The summed E-state index contributed by atoms with van der Waals surface area (Å²) >= 11 is 6.77. The lowest BCUT2D eigenvalue weighted by Crippen LogP contribution is -2.45. The molecule has 7 nitrogen and oxygen atoms in total. The zero-order valence-corrected chi connectivity index (χ0v) is 23.9. The van der Waals surface area contributed by atoms with Crippen LogP contribution >= 0.6 is 11.6 Å². The highest BCUT2D eigenvalue weighted by Gasteiger charge is 2.32. The lowest BCUT2D eigenvalue weighted by atomic mass is 9.94. The second-order valence-electron chi connectivity index (χ2n) is 9.80. The van der Waals surface area contributed by atoms with Gasteiger partial charge in [-0.1, -0.05) is 43.2 Å². The quantitative estimate of drug-likeness (QED) is 0.371. The Labute approximate surface area is 227 Å². The summed E-state index contributed by atoms with van der Waals surface area (Å²) < 4.78 is 10.8. The van der Waals surface area contributed by atoms with E-state index in [2.05, 4.69) is 24.5 Å². The number of hydrogen-bond acceptors (Lipinski definition) is 6. The van der Waals surface area contributed by atoms with Gasteiger partial charge in [0.2, 0.25) is 0 Å². The van der Waals surface area contributed by atoms with Crippen molar-refractivity contribution in [2.75, 3.05) is 26.9 Å². The largest absolute Gasteiger partial charge is 0.381 e. The van der Waals surface area contributed by atoms with E-state index >= 15 is 0 Å². The minimum atomic E-state index is -0.119. The van der Waals surface area contributed by atoms with E-state index < -0.39 is 0 Å². The van der Waals surface area contributed by atoms with Crippen molar-refractivity contribution in [3.63, 3.8) is 0 Å². The van der Waals surface area contributed by atoms with Gasteiger partial charge in [-0.3, -0.25) is 20.3 Å². The van der Waals surface area contributed by atoms with Crippen molar-refractivity contribution in [1.29, 1.82) is 0 Å². The van der Waals surface area contributed by atoms with Crippen LogP contribution in [0.25, 0.3) is 5.57 Å². The number of nitrogens with zero attached hydrogens (tertiary/aromatic N) is 2. The fraction of sp³-hybridized carbons (Fsp3) is 0.586. The highest BCUT2D eigenvalue weighted by Crippen LogP contribution is 2.33. The second-order valence-corrected chi connectivity index (χ2v) is 10.2. The van der Waals surface area contributed by atoms with E-state index in [0.717, 1.165) is 61.4 Å². The first kappa shape index (κ1) is 29.5. The van der Waals surface area contributed by atoms with Gasteiger partial charge in [0.1, 0.15) is 12.1 Å². The van der Waals surface area contributed by atoms with E-state index in [-0.39, 0.29) is 24.3 Å². The Balaban J connectivity index is 1.92. The monoisotopic (exact) mass is 530 g/mol. The number of carbonyl (C=O) groups excluding carboxylic acids is 1. The van der Waals surface area contributed by atoms with Gasteiger partial charge in [0.25, 0.3) is 5.91 Å². The molecule has 2 heterocycles. The third-order valence-corrected chi connectivity index (χ3v) is 7.28. The summed E-state index contributed by atoms with van der Waals surface area (Å²) in [5, 5.41) is 7.52. The molecule has 0 spiro atoms. The molecule has 1 fully saturated rings. The molecule has 3 rings (SSSR count). The fourth-order valence-electron chi connectivity index (χ4n) is 4.71. The number of ether oxygens (including phenoxy) is 2. The fourth-order valence-corrected chi connectivity index (χ4v) is 5.00. The van der Waals surface area contributed by atoms with Gasteiger partial charge in [0, 0.05) is 60.7 Å². The Hall–Kier alpha value is -2.03. The lowest BCUT2D eigenvalue weighted by Gasteiger charge is -2.32. The smallest absolute Gasteiger partial charge is 0.260 e. The number of rotatable bonds is 11. The number of hydrogen-bond donors (Lipinski definition) is 2. The molecule has 1 aromatic rings. The Morgan fingerprint density at radius 1 is 1.27 bits per heavy atom. The van der Waals surface area contributed by atoms with Crippen molar-refractivity contribution in [3.05, 3.63) is 52.1 Å². The van der Waals surface area contributed by atoms with Crippen LogP contribution in [0.1, 0.15) is 77.5 Å².